The van der Waals surface area contributed by atoms with Gasteiger partial charge in [0.15, 0.2) is 9.84 Å². The summed E-state index contributed by atoms with van der Waals surface area (Å²) in [5, 5.41) is 25.6. The number of imidazole rings is 1. The maximum atomic E-state index is 13.3. The molecule has 158 valence electrons. The van der Waals surface area contributed by atoms with Gasteiger partial charge in [-0.15, -0.1) is 0 Å². The predicted octanol–water partition coefficient (Wildman–Crippen LogP) is 2.55. The van der Waals surface area contributed by atoms with Crippen molar-refractivity contribution in [3.05, 3.63) is 28.9 Å². The minimum Gasteiger partial charge on any atom is -0.495 e. The van der Waals surface area contributed by atoms with Crippen LogP contribution in [-0.4, -0.2) is 51.7 Å². The van der Waals surface area contributed by atoms with Gasteiger partial charge in [0.2, 0.25) is 4.96 Å². The number of fused-ring (bicyclic) bond motifs is 1. The Hall–Kier alpha value is -2.01. The van der Waals surface area contributed by atoms with E-state index in [1.54, 1.807) is 20.8 Å². The third-order valence-corrected chi connectivity index (χ3v) is 7.08. The zero-order valence-electron chi connectivity index (χ0n) is 22.2. The van der Waals surface area contributed by atoms with E-state index >= 15 is 0 Å². The Labute approximate surface area is 182 Å². The number of nitrogens with zero attached hydrogens (tertiary/aromatic N) is 3. The summed E-state index contributed by atoms with van der Waals surface area (Å²) >= 11 is 1.15. The number of benzene rings is 1. The molecule has 0 amide bonds. The van der Waals surface area contributed by atoms with Crippen molar-refractivity contribution in [3.63, 3.8) is 0 Å². The van der Waals surface area contributed by atoms with Gasteiger partial charge in [-0.3, -0.25) is 0 Å². The van der Waals surface area contributed by atoms with Crippen LogP contribution in [0.2, 0.25) is 0 Å². The van der Waals surface area contributed by atoms with E-state index in [4.69, 9.17) is 13.0 Å². The fraction of sp³-hybridized carbons (Fsp3) is 0.474. The number of methoxy groups -OCH3 is 1. The molecule has 2 aromatic heterocycles. The van der Waals surface area contributed by atoms with E-state index in [1.165, 1.54) is 29.8 Å². The van der Waals surface area contributed by atoms with Gasteiger partial charge in [-0.1, -0.05) is 11.3 Å². The van der Waals surface area contributed by atoms with Crippen molar-refractivity contribution in [3.8, 4) is 17.0 Å². The van der Waals surface area contributed by atoms with Crippen LogP contribution in [0.5, 0.6) is 5.75 Å². The number of aromatic nitrogens is 3. The molecule has 0 fully saturated rings. The van der Waals surface area contributed by atoms with Crippen molar-refractivity contribution in [1.82, 2.24) is 14.6 Å². The number of aliphatic hydroxyl groups is 2. The highest BCUT2D eigenvalue weighted by atomic mass is 32.2. The van der Waals surface area contributed by atoms with Crippen LogP contribution in [0.1, 0.15) is 46.5 Å². The molecule has 10 heteroatoms. The van der Waals surface area contributed by atoms with Gasteiger partial charge in [-0.05, 0) is 52.7 Å². The molecule has 0 unspecified atom stereocenters. The molecule has 3 rings (SSSR count). The molecule has 0 spiro atoms. The van der Waals surface area contributed by atoms with Gasteiger partial charge < -0.3 is 14.9 Å². The van der Waals surface area contributed by atoms with Crippen LogP contribution in [0.15, 0.2) is 23.1 Å². The first kappa shape index (κ1) is 14.9. The average Bonchev–Trinajstić information content (AvgIpc) is 3.22. The molecular weight excluding hydrogens is 414 g/mol. The van der Waals surface area contributed by atoms with Gasteiger partial charge >= 0.3 is 0 Å². The largest absolute Gasteiger partial charge is 0.495 e. The van der Waals surface area contributed by atoms with E-state index in [-0.39, 0.29) is 5.75 Å². The van der Waals surface area contributed by atoms with Gasteiger partial charge in [-0.25, -0.2) is 17.9 Å². The molecule has 3 aromatic rings. The zero-order valence-corrected chi connectivity index (χ0v) is 17.8. The van der Waals surface area contributed by atoms with E-state index < -0.39 is 45.4 Å². The Morgan fingerprint density at radius 3 is 2.59 bits per heavy atom. The van der Waals surface area contributed by atoms with Crippen LogP contribution >= 0.6 is 11.3 Å². The van der Waals surface area contributed by atoms with E-state index in [2.05, 4.69) is 10.1 Å². The van der Waals surface area contributed by atoms with Gasteiger partial charge in [0.25, 0.3) is 0 Å². The van der Waals surface area contributed by atoms with Gasteiger partial charge in [-0.2, -0.15) is 5.10 Å². The minimum absolute atomic E-state index is 0.166. The van der Waals surface area contributed by atoms with E-state index in [0.29, 0.717) is 26.9 Å². The van der Waals surface area contributed by atoms with Crippen molar-refractivity contribution in [1.29, 1.82) is 0 Å². The number of rotatable bonds is 6. The van der Waals surface area contributed by atoms with Crippen LogP contribution in [0.3, 0.4) is 0 Å². The van der Waals surface area contributed by atoms with Crippen molar-refractivity contribution < 1.29 is 31.6 Å². The SMILES string of the molecule is [2H]C([2H])([2H])C(O)(CS(=O)(=O)c1cc(-c2c(C)nc3sc(C(C)(C)O)nn23)ccc1OC)C([2H])([2H])[2H]. The normalized spacial score (nSPS) is 17.2. The lowest BCUT2D eigenvalue weighted by atomic mass is 10.1. The molecule has 0 aliphatic rings. The summed E-state index contributed by atoms with van der Waals surface area (Å²) < 4.78 is 78.2. The highest BCUT2D eigenvalue weighted by molar-refractivity contribution is 7.91. The minimum atomic E-state index is -4.71. The third-order valence-electron chi connectivity index (χ3n) is 4.07. The Kier molecular flexibility index (Phi) is 3.62. The quantitative estimate of drug-likeness (QED) is 0.599. The average molecular weight is 446 g/mol. The molecule has 0 saturated heterocycles. The molecule has 1 aromatic carbocycles. The summed E-state index contributed by atoms with van der Waals surface area (Å²) in [5.74, 6) is -1.76. The van der Waals surface area contributed by atoms with Crippen molar-refractivity contribution in [2.75, 3.05) is 12.9 Å². The first-order chi connectivity index (χ1) is 15.7. The first-order valence-corrected chi connectivity index (χ1v) is 10.9. The molecule has 2 N–H and O–H groups in total. The van der Waals surface area contributed by atoms with Gasteiger partial charge in [0.1, 0.15) is 21.3 Å². The second kappa shape index (κ2) is 7.05. The molecule has 0 bridgehead atoms. The van der Waals surface area contributed by atoms with E-state index in [9.17, 15) is 18.6 Å². The van der Waals surface area contributed by atoms with Gasteiger partial charge in [0, 0.05) is 13.8 Å². The number of aryl methyl sites for hydroxylation is 1. The topological polar surface area (TPSA) is 114 Å². The molecular formula is C19H25N3O5S2. The molecule has 0 aliphatic carbocycles. The summed E-state index contributed by atoms with van der Waals surface area (Å²) in [5.41, 5.74) is -3.53. The lowest BCUT2D eigenvalue weighted by Crippen LogP contribution is -2.30. The zero-order chi connectivity index (χ0) is 26.8. The highest BCUT2D eigenvalue weighted by Crippen LogP contribution is 2.35. The molecule has 0 saturated carbocycles. The summed E-state index contributed by atoms with van der Waals surface area (Å²) in [7, 11) is -3.51. The van der Waals surface area contributed by atoms with Crippen LogP contribution in [0.4, 0.5) is 0 Å². The Morgan fingerprint density at radius 2 is 2.00 bits per heavy atom. The number of hydrogen-bond acceptors (Lipinski definition) is 8. The molecule has 8 nitrogen and oxygen atoms in total. The van der Waals surface area contributed by atoms with Crippen molar-refractivity contribution in [2.45, 2.75) is 50.6 Å². The molecule has 0 radical (unpaired) electrons. The van der Waals surface area contributed by atoms with Crippen LogP contribution < -0.4 is 4.74 Å². The second-order valence-corrected chi connectivity index (χ2v) is 10.1. The lowest BCUT2D eigenvalue weighted by Gasteiger charge is -2.18. The summed E-state index contributed by atoms with van der Waals surface area (Å²) in [4.78, 5) is 4.37. The number of ether oxygens (including phenoxy) is 1. The second-order valence-electron chi connectivity index (χ2n) is 7.19. The van der Waals surface area contributed by atoms with E-state index in [1.807, 2.05) is 0 Å². The standard InChI is InChI=1S/C19H25N3O5S2/c1-11-15(22-17(20-11)28-16(21-22)19(4,5)24)12-7-8-13(27-6)14(9-12)29(25,26)10-18(2,3)23/h7-9,23-24H,10H2,1-6H3/i2D3,3D3. The molecule has 2 heterocycles. The van der Waals surface area contributed by atoms with Gasteiger partial charge in [0.05, 0.1) is 29.9 Å². The summed E-state index contributed by atoms with van der Waals surface area (Å²) in [6, 6.07) is 4.05. The molecule has 29 heavy (non-hydrogen) atoms. The fourth-order valence-corrected chi connectivity index (χ4v) is 5.26. The number of sulfone groups is 1. The smallest absolute Gasteiger partial charge is 0.213 e. The van der Waals surface area contributed by atoms with Crippen LogP contribution in [-0.2, 0) is 15.4 Å². The monoisotopic (exact) mass is 445 g/mol. The number of hydrogen-bond donors (Lipinski definition) is 2. The fourth-order valence-electron chi connectivity index (χ4n) is 2.85. The van der Waals surface area contributed by atoms with E-state index in [0.717, 1.165) is 11.3 Å². The Bertz CT molecular complexity index is 1360. The molecule has 0 aliphatic heterocycles. The molecule has 0 atom stereocenters. The van der Waals surface area contributed by atoms with Crippen LogP contribution in [0, 0.1) is 6.92 Å². The third kappa shape index (κ3) is 4.30. The summed E-state index contributed by atoms with van der Waals surface area (Å²) in [6.07, 6.45) is 0. The van der Waals surface area contributed by atoms with Crippen molar-refractivity contribution in [2.24, 2.45) is 0 Å². The Balaban J connectivity index is 2.21. The predicted molar refractivity (Wildman–Crippen MR) is 111 cm³/mol. The Morgan fingerprint density at radius 1 is 1.31 bits per heavy atom. The summed E-state index contributed by atoms with van der Waals surface area (Å²) in [6.45, 7) is -2.22. The highest BCUT2D eigenvalue weighted by Gasteiger charge is 2.29. The maximum absolute atomic E-state index is 13.3. The van der Waals surface area contributed by atoms with Crippen LogP contribution in [0.25, 0.3) is 16.2 Å². The van der Waals surface area contributed by atoms with Crippen molar-refractivity contribution >= 4 is 26.1 Å². The first-order valence-electron chi connectivity index (χ1n) is 11.5. The maximum Gasteiger partial charge on any atom is 0.213 e. The lowest BCUT2D eigenvalue weighted by molar-refractivity contribution is 0.0773.